The number of carbonyl (C=O) groups excluding carboxylic acids is 2. The maximum absolute atomic E-state index is 12.4. The number of unbranched alkanes of at least 4 members (excludes halogenated alkanes) is 46. The molecule has 69 heavy (non-hydrogen) atoms. The standard InChI is InChI=1S/C63H123NO5/c1-3-5-7-9-11-13-14-15-30-34-37-41-45-49-53-57-63(68)69-58-54-50-46-42-38-35-32-29-27-25-23-21-19-17-16-18-20-22-24-26-28-31-33-36-40-44-48-52-56-62(67)64-60(59-65)61(66)55-51-47-43-39-12-10-8-6-4-2/h15,30,60-61,65-66H,3-14,16-29,31-59H2,1-2H3,(H,64,67)/b30-15-. The lowest BCUT2D eigenvalue weighted by Gasteiger charge is -2.22. The van der Waals surface area contributed by atoms with Crippen molar-refractivity contribution >= 4 is 11.9 Å². The molecule has 0 radical (unpaired) electrons. The Morgan fingerprint density at radius 1 is 0.391 bits per heavy atom. The van der Waals surface area contributed by atoms with Crippen molar-refractivity contribution in [3.8, 4) is 0 Å². The molecule has 0 aliphatic rings. The lowest BCUT2D eigenvalue weighted by molar-refractivity contribution is -0.143. The number of allylic oxidation sites excluding steroid dienone is 2. The first-order valence-corrected chi connectivity index (χ1v) is 31.4. The molecule has 2 atom stereocenters. The van der Waals surface area contributed by atoms with Gasteiger partial charge in [0.15, 0.2) is 0 Å². The topological polar surface area (TPSA) is 95.9 Å². The molecule has 0 saturated heterocycles. The van der Waals surface area contributed by atoms with Gasteiger partial charge < -0.3 is 20.3 Å². The maximum Gasteiger partial charge on any atom is 0.305 e. The zero-order valence-corrected chi connectivity index (χ0v) is 46.8. The summed E-state index contributed by atoms with van der Waals surface area (Å²) in [6.45, 7) is 4.95. The number of aliphatic hydroxyl groups excluding tert-OH is 2. The Kier molecular flexibility index (Phi) is 58.0. The number of carbonyl (C=O) groups is 2. The summed E-state index contributed by atoms with van der Waals surface area (Å²) in [6, 6.07) is -0.536. The average Bonchev–Trinajstić information content (AvgIpc) is 3.35. The van der Waals surface area contributed by atoms with Crippen molar-refractivity contribution in [3.63, 3.8) is 0 Å². The fourth-order valence-corrected chi connectivity index (χ4v) is 9.99. The largest absolute Gasteiger partial charge is 0.466 e. The molecular weight excluding hydrogens is 851 g/mol. The first kappa shape index (κ1) is 67.6. The highest BCUT2D eigenvalue weighted by molar-refractivity contribution is 5.76. The first-order valence-electron chi connectivity index (χ1n) is 31.4. The minimum atomic E-state index is -0.659. The summed E-state index contributed by atoms with van der Waals surface area (Å²) in [5.74, 6) is -0.0215. The average molecular weight is 975 g/mol. The van der Waals surface area contributed by atoms with Gasteiger partial charge in [-0.3, -0.25) is 9.59 Å². The van der Waals surface area contributed by atoms with Crippen LogP contribution >= 0.6 is 0 Å². The van der Waals surface area contributed by atoms with Gasteiger partial charge in [0, 0.05) is 12.8 Å². The van der Waals surface area contributed by atoms with Crippen LogP contribution in [0.25, 0.3) is 0 Å². The zero-order chi connectivity index (χ0) is 50.0. The van der Waals surface area contributed by atoms with Crippen LogP contribution in [0.3, 0.4) is 0 Å². The molecule has 0 aliphatic heterocycles. The van der Waals surface area contributed by atoms with E-state index in [1.165, 1.54) is 276 Å². The smallest absolute Gasteiger partial charge is 0.305 e. The number of ether oxygens (including phenoxy) is 1. The number of rotatable bonds is 59. The van der Waals surface area contributed by atoms with Gasteiger partial charge >= 0.3 is 5.97 Å². The molecule has 410 valence electrons. The van der Waals surface area contributed by atoms with E-state index in [1.54, 1.807) is 0 Å². The van der Waals surface area contributed by atoms with Gasteiger partial charge in [-0.2, -0.15) is 0 Å². The normalized spacial score (nSPS) is 12.6. The van der Waals surface area contributed by atoms with Gasteiger partial charge in [-0.1, -0.05) is 302 Å². The fourth-order valence-electron chi connectivity index (χ4n) is 9.99. The Labute approximate surface area is 431 Å². The summed E-state index contributed by atoms with van der Waals surface area (Å²) in [4.78, 5) is 24.5. The third-order valence-corrected chi connectivity index (χ3v) is 14.8. The van der Waals surface area contributed by atoms with Crippen molar-refractivity contribution in [3.05, 3.63) is 12.2 Å². The van der Waals surface area contributed by atoms with Crippen LogP contribution in [0, 0.1) is 0 Å². The van der Waals surface area contributed by atoms with Crippen LogP contribution in [-0.4, -0.2) is 47.4 Å². The summed E-state index contributed by atoms with van der Waals surface area (Å²) in [6.07, 6.45) is 71.0. The minimum absolute atomic E-state index is 0.0113. The van der Waals surface area contributed by atoms with Crippen LogP contribution in [0.15, 0.2) is 12.2 Å². The molecule has 6 nitrogen and oxygen atoms in total. The van der Waals surface area contributed by atoms with Crippen LogP contribution in [0.1, 0.15) is 354 Å². The second kappa shape index (κ2) is 59.2. The molecule has 0 fully saturated rings. The third-order valence-electron chi connectivity index (χ3n) is 14.8. The molecule has 0 saturated carbocycles. The Balaban J connectivity index is 3.30. The highest BCUT2D eigenvalue weighted by Crippen LogP contribution is 2.18. The second-order valence-corrected chi connectivity index (χ2v) is 21.7. The SMILES string of the molecule is CCCCCCCC/C=C\CCCCCCCC(=O)OCCCCCCCCCCCCCCCCCCCCCCCCCCCCCCC(=O)NC(CO)C(O)CCCCCCCCCCC. The van der Waals surface area contributed by atoms with Gasteiger partial charge in [0.25, 0.3) is 0 Å². The summed E-state index contributed by atoms with van der Waals surface area (Å²) in [5, 5.41) is 23.1. The molecule has 6 heteroatoms. The Morgan fingerprint density at radius 2 is 0.681 bits per heavy atom. The van der Waals surface area contributed by atoms with E-state index in [0.717, 1.165) is 44.9 Å². The number of hydrogen-bond acceptors (Lipinski definition) is 5. The molecule has 1 amide bonds. The van der Waals surface area contributed by atoms with Crippen molar-refractivity contribution < 1.29 is 24.5 Å². The Morgan fingerprint density at radius 3 is 1.03 bits per heavy atom. The molecule has 0 aromatic carbocycles. The number of hydrogen-bond donors (Lipinski definition) is 3. The van der Waals surface area contributed by atoms with Crippen molar-refractivity contribution in [1.29, 1.82) is 0 Å². The fraction of sp³-hybridized carbons (Fsp3) is 0.937. The van der Waals surface area contributed by atoms with Gasteiger partial charge in [-0.25, -0.2) is 0 Å². The van der Waals surface area contributed by atoms with E-state index in [0.29, 0.717) is 25.9 Å². The Hall–Kier alpha value is -1.40. The first-order chi connectivity index (χ1) is 34.0. The zero-order valence-electron chi connectivity index (χ0n) is 46.8. The molecule has 0 heterocycles. The molecule has 0 aromatic rings. The number of esters is 1. The summed E-state index contributed by atoms with van der Waals surface area (Å²) < 4.78 is 5.49. The van der Waals surface area contributed by atoms with E-state index in [1.807, 2.05) is 0 Å². The second-order valence-electron chi connectivity index (χ2n) is 21.7. The minimum Gasteiger partial charge on any atom is -0.466 e. The van der Waals surface area contributed by atoms with Crippen LogP contribution in [0.5, 0.6) is 0 Å². The quantitative estimate of drug-likeness (QED) is 0.0321. The van der Waals surface area contributed by atoms with E-state index < -0.39 is 12.1 Å². The van der Waals surface area contributed by atoms with Gasteiger partial charge in [0.2, 0.25) is 5.91 Å². The van der Waals surface area contributed by atoms with Crippen molar-refractivity contribution in [2.45, 2.75) is 366 Å². The molecule has 0 aliphatic carbocycles. The predicted octanol–water partition coefficient (Wildman–Crippen LogP) is 19.6. The highest BCUT2D eigenvalue weighted by Gasteiger charge is 2.20. The summed E-state index contributed by atoms with van der Waals surface area (Å²) >= 11 is 0. The molecule has 0 rings (SSSR count). The molecular formula is C63H123NO5. The van der Waals surface area contributed by atoms with Crippen molar-refractivity contribution in [1.82, 2.24) is 5.32 Å². The van der Waals surface area contributed by atoms with E-state index in [-0.39, 0.29) is 18.5 Å². The molecule has 2 unspecified atom stereocenters. The third kappa shape index (κ3) is 55.8. The number of aliphatic hydroxyl groups is 2. The summed E-state index contributed by atoms with van der Waals surface area (Å²) in [7, 11) is 0. The van der Waals surface area contributed by atoms with E-state index >= 15 is 0 Å². The monoisotopic (exact) mass is 974 g/mol. The number of nitrogens with one attached hydrogen (secondary N) is 1. The number of amides is 1. The maximum atomic E-state index is 12.4. The predicted molar refractivity (Wildman–Crippen MR) is 301 cm³/mol. The molecule has 0 bridgehead atoms. The molecule has 0 spiro atoms. The molecule has 3 N–H and O–H groups in total. The van der Waals surface area contributed by atoms with Crippen molar-refractivity contribution in [2.24, 2.45) is 0 Å². The molecule has 0 aromatic heterocycles. The van der Waals surface area contributed by atoms with Crippen molar-refractivity contribution in [2.75, 3.05) is 13.2 Å². The van der Waals surface area contributed by atoms with Gasteiger partial charge in [0.1, 0.15) is 0 Å². The van der Waals surface area contributed by atoms with E-state index in [9.17, 15) is 19.8 Å². The van der Waals surface area contributed by atoms with Gasteiger partial charge in [-0.05, 0) is 51.4 Å². The van der Waals surface area contributed by atoms with E-state index in [2.05, 4.69) is 31.3 Å². The lowest BCUT2D eigenvalue weighted by Crippen LogP contribution is -2.45. The summed E-state index contributed by atoms with van der Waals surface area (Å²) in [5.41, 5.74) is 0. The lowest BCUT2D eigenvalue weighted by atomic mass is 10.0. The van der Waals surface area contributed by atoms with Crippen LogP contribution in [0.4, 0.5) is 0 Å². The van der Waals surface area contributed by atoms with Gasteiger partial charge in [0.05, 0.1) is 25.4 Å². The van der Waals surface area contributed by atoms with Crippen LogP contribution in [0.2, 0.25) is 0 Å². The Bertz CT molecular complexity index is 1030. The highest BCUT2D eigenvalue weighted by atomic mass is 16.5. The van der Waals surface area contributed by atoms with Gasteiger partial charge in [-0.15, -0.1) is 0 Å². The van der Waals surface area contributed by atoms with Crippen LogP contribution < -0.4 is 5.32 Å². The van der Waals surface area contributed by atoms with Crippen LogP contribution in [-0.2, 0) is 14.3 Å². The van der Waals surface area contributed by atoms with E-state index in [4.69, 9.17) is 4.74 Å².